The van der Waals surface area contributed by atoms with Crippen molar-refractivity contribution in [1.29, 1.82) is 0 Å². The first-order chi connectivity index (χ1) is 13.6. The number of carbonyl (C=O) groups excluding carboxylic acids is 1. The Kier molecular flexibility index (Phi) is 8.21. The van der Waals surface area contributed by atoms with Gasteiger partial charge in [-0.25, -0.2) is 0 Å². The van der Waals surface area contributed by atoms with Crippen LogP contribution in [0.15, 0.2) is 42.5 Å². The highest BCUT2D eigenvalue weighted by atomic mass is 16.5. The van der Waals surface area contributed by atoms with E-state index in [4.69, 9.17) is 18.9 Å². The lowest BCUT2D eigenvalue weighted by Gasteiger charge is -2.13. The van der Waals surface area contributed by atoms with E-state index in [1.165, 1.54) is 11.6 Å². The molecule has 150 valence electrons. The lowest BCUT2D eigenvalue weighted by Crippen LogP contribution is -2.22. The predicted octanol–water partition coefficient (Wildman–Crippen LogP) is 3.48. The average Bonchev–Trinajstić information content (AvgIpc) is 2.74. The van der Waals surface area contributed by atoms with Crippen molar-refractivity contribution in [3.63, 3.8) is 0 Å². The fraction of sp³-hybridized carbons (Fsp3) is 0.318. The van der Waals surface area contributed by atoms with Gasteiger partial charge in [0.1, 0.15) is 5.75 Å². The molecule has 2 aromatic rings. The number of nitrogens with one attached hydrogen (secondary N) is 1. The standard InChI is InChI=1S/C22H27NO5/c1-25-18-11-7-16(8-12-18)6-5-15-23-20(24)14-10-17-9-13-19(26-2)22(28-4)21(17)27-3/h7-14H,5-6,15H2,1-4H3,(H,23,24)/b14-10+. The number of hydrogen-bond acceptors (Lipinski definition) is 5. The zero-order chi connectivity index (χ0) is 20.4. The molecule has 0 radical (unpaired) electrons. The van der Waals surface area contributed by atoms with Crippen LogP contribution in [-0.4, -0.2) is 40.9 Å². The van der Waals surface area contributed by atoms with E-state index in [9.17, 15) is 4.79 Å². The number of carbonyl (C=O) groups is 1. The molecule has 0 heterocycles. The Balaban J connectivity index is 1.87. The van der Waals surface area contributed by atoms with E-state index < -0.39 is 0 Å². The first kappa shape index (κ1) is 21.2. The second-order valence-corrected chi connectivity index (χ2v) is 6.00. The van der Waals surface area contributed by atoms with Gasteiger partial charge in [0.05, 0.1) is 28.4 Å². The highest BCUT2D eigenvalue weighted by Gasteiger charge is 2.14. The van der Waals surface area contributed by atoms with Crippen LogP contribution >= 0.6 is 0 Å². The summed E-state index contributed by atoms with van der Waals surface area (Å²) in [6.07, 6.45) is 4.92. The fourth-order valence-corrected chi connectivity index (χ4v) is 2.78. The van der Waals surface area contributed by atoms with E-state index >= 15 is 0 Å². The van der Waals surface area contributed by atoms with Gasteiger partial charge in [-0.15, -0.1) is 0 Å². The minimum absolute atomic E-state index is 0.161. The summed E-state index contributed by atoms with van der Waals surface area (Å²) < 4.78 is 21.2. The van der Waals surface area contributed by atoms with Crippen LogP contribution < -0.4 is 24.3 Å². The highest BCUT2D eigenvalue weighted by Crippen LogP contribution is 2.40. The highest BCUT2D eigenvalue weighted by molar-refractivity contribution is 5.92. The molecule has 0 fully saturated rings. The van der Waals surface area contributed by atoms with E-state index in [0.29, 0.717) is 23.8 Å². The van der Waals surface area contributed by atoms with Crippen molar-refractivity contribution >= 4 is 12.0 Å². The number of aryl methyl sites for hydroxylation is 1. The van der Waals surface area contributed by atoms with Crippen LogP contribution in [0.3, 0.4) is 0 Å². The summed E-state index contributed by atoms with van der Waals surface area (Å²) in [5, 5.41) is 2.89. The number of rotatable bonds is 10. The first-order valence-electron chi connectivity index (χ1n) is 9.00. The quantitative estimate of drug-likeness (QED) is 0.501. The van der Waals surface area contributed by atoms with Crippen molar-refractivity contribution in [2.24, 2.45) is 0 Å². The van der Waals surface area contributed by atoms with Gasteiger partial charge >= 0.3 is 0 Å². The van der Waals surface area contributed by atoms with Gasteiger partial charge in [-0.1, -0.05) is 12.1 Å². The minimum atomic E-state index is -0.161. The molecule has 2 aromatic carbocycles. The van der Waals surface area contributed by atoms with Crippen LogP contribution in [-0.2, 0) is 11.2 Å². The molecule has 0 atom stereocenters. The molecule has 0 bridgehead atoms. The fourth-order valence-electron chi connectivity index (χ4n) is 2.78. The Morgan fingerprint density at radius 3 is 2.21 bits per heavy atom. The molecular weight excluding hydrogens is 358 g/mol. The Labute approximate surface area is 166 Å². The van der Waals surface area contributed by atoms with Crippen LogP contribution in [0.2, 0.25) is 0 Å². The molecule has 6 nitrogen and oxygen atoms in total. The molecule has 0 aromatic heterocycles. The van der Waals surface area contributed by atoms with Crippen molar-refractivity contribution in [3.8, 4) is 23.0 Å². The molecule has 0 aliphatic carbocycles. The molecule has 1 amide bonds. The van der Waals surface area contributed by atoms with Crippen molar-refractivity contribution in [1.82, 2.24) is 5.32 Å². The maximum absolute atomic E-state index is 12.1. The molecule has 0 spiro atoms. The van der Waals surface area contributed by atoms with Crippen molar-refractivity contribution in [3.05, 3.63) is 53.6 Å². The van der Waals surface area contributed by atoms with Gasteiger partial charge in [-0.3, -0.25) is 4.79 Å². The van der Waals surface area contributed by atoms with Gasteiger partial charge in [0.2, 0.25) is 11.7 Å². The van der Waals surface area contributed by atoms with Gasteiger partial charge in [0, 0.05) is 18.2 Å². The largest absolute Gasteiger partial charge is 0.497 e. The second-order valence-electron chi connectivity index (χ2n) is 6.00. The number of methoxy groups -OCH3 is 4. The number of amides is 1. The third kappa shape index (κ3) is 5.67. The van der Waals surface area contributed by atoms with Crippen molar-refractivity contribution < 1.29 is 23.7 Å². The van der Waals surface area contributed by atoms with E-state index in [1.54, 1.807) is 40.6 Å². The molecule has 0 saturated heterocycles. The number of benzene rings is 2. The van der Waals surface area contributed by atoms with Crippen LogP contribution in [0.25, 0.3) is 6.08 Å². The third-order valence-electron chi connectivity index (χ3n) is 4.25. The summed E-state index contributed by atoms with van der Waals surface area (Å²) in [6.45, 7) is 0.596. The summed E-state index contributed by atoms with van der Waals surface area (Å²) in [7, 11) is 6.30. The molecule has 2 rings (SSSR count). The number of ether oxygens (including phenoxy) is 4. The van der Waals surface area contributed by atoms with Gasteiger partial charge in [0.25, 0.3) is 0 Å². The maximum Gasteiger partial charge on any atom is 0.244 e. The molecule has 1 N–H and O–H groups in total. The van der Waals surface area contributed by atoms with Crippen LogP contribution in [0.1, 0.15) is 17.5 Å². The van der Waals surface area contributed by atoms with E-state index in [0.717, 1.165) is 24.2 Å². The Bertz CT molecular complexity index is 799. The van der Waals surface area contributed by atoms with Gasteiger partial charge in [-0.2, -0.15) is 0 Å². The SMILES string of the molecule is COc1ccc(CCCNC(=O)/C=C/c2ccc(OC)c(OC)c2OC)cc1. The van der Waals surface area contributed by atoms with Crippen molar-refractivity contribution in [2.75, 3.05) is 35.0 Å². The van der Waals surface area contributed by atoms with Gasteiger partial charge < -0.3 is 24.3 Å². The topological polar surface area (TPSA) is 66.0 Å². The minimum Gasteiger partial charge on any atom is -0.497 e. The average molecular weight is 385 g/mol. The molecule has 0 saturated carbocycles. The van der Waals surface area contributed by atoms with E-state index in [1.807, 2.05) is 30.3 Å². The normalized spacial score (nSPS) is 10.6. The van der Waals surface area contributed by atoms with Gasteiger partial charge in [-0.05, 0) is 48.7 Å². The monoisotopic (exact) mass is 385 g/mol. The zero-order valence-corrected chi connectivity index (χ0v) is 16.8. The van der Waals surface area contributed by atoms with E-state index in [-0.39, 0.29) is 5.91 Å². The summed E-state index contributed by atoms with van der Waals surface area (Å²) in [5.74, 6) is 2.26. The molecule has 0 aliphatic heterocycles. The van der Waals surface area contributed by atoms with Crippen LogP contribution in [0.5, 0.6) is 23.0 Å². The molecule has 6 heteroatoms. The Hall–Kier alpha value is -3.15. The van der Waals surface area contributed by atoms with E-state index in [2.05, 4.69) is 5.32 Å². The molecule has 0 aliphatic rings. The second kappa shape index (κ2) is 10.9. The first-order valence-corrected chi connectivity index (χ1v) is 9.00. The summed E-state index contributed by atoms with van der Waals surface area (Å²) in [5.41, 5.74) is 1.94. The third-order valence-corrected chi connectivity index (χ3v) is 4.25. The van der Waals surface area contributed by atoms with Gasteiger partial charge in [0.15, 0.2) is 11.5 Å². The summed E-state index contributed by atoms with van der Waals surface area (Å²) >= 11 is 0. The van der Waals surface area contributed by atoms with Crippen molar-refractivity contribution in [2.45, 2.75) is 12.8 Å². The van der Waals surface area contributed by atoms with Crippen LogP contribution in [0, 0.1) is 0 Å². The number of hydrogen-bond donors (Lipinski definition) is 1. The predicted molar refractivity (Wildman–Crippen MR) is 109 cm³/mol. The van der Waals surface area contributed by atoms with Crippen LogP contribution in [0.4, 0.5) is 0 Å². The Morgan fingerprint density at radius 2 is 1.61 bits per heavy atom. The summed E-state index contributed by atoms with van der Waals surface area (Å²) in [4.78, 5) is 12.1. The molecular formula is C22H27NO5. The smallest absolute Gasteiger partial charge is 0.244 e. The maximum atomic E-state index is 12.1. The lowest BCUT2D eigenvalue weighted by atomic mass is 10.1. The molecule has 0 unspecified atom stereocenters. The lowest BCUT2D eigenvalue weighted by molar-refractivity contribution is -0.116. The Morgan fingerprint density at radius 1 is 0.893 bits per heavy atom. The summed E-state index contributed by atoms with van der Waals surface area (Å²) in [6, 6.07) is 11.5. The molecule has 28 heavy (non-hydrogen) atoms. The zero-order valence-electron chi connectivity index (χ0n) is 16.8.